The SMILES string of the molecule is CC(SC(=S)N1CCCC1)C(=O)Nc1ccc(Br)cc1F. The number of rotatable bonds is 3. The second-order valence-electron chi connectivity index (χ2n) is 4.83. The van der Waals surface area contributed by atoms with Gasteiger partial charge in [0, 0.05) is 17.6 Å². The zero-order valence-corrected chi connectivity index (χ0v) is 14.8. The minimum absolute atomic E-state index is 0.183. The molecule has 0 radical (unpaired) electrons. The summed E-state index contributed by atoms with van der Waals surface area (Å²) in [7, 11) is 0. The zero-order valence-electron chi connectivity index (χ0n) is 11.6. The fraction of sp³-hybridized carbons (Fsp3) is 0.429. The van der Waals surface area contributed by atoms with Crippen LogP contribution in [-0.2, 0) is 4.79 Å². The van der Waals surface area contributed by atoms with Gasteiger partial charge in [-0.15, -0.1) is 0 Å². The van der Waals surface area contributed by atoms with Crippen molar-refractivity contribution in [2.75, 3.05) is 18.4 Å². The number of thioether (sulfide) groups is 1. The van der Waals surface area contributed by atoms with Gasteiger partial charge in [-0.1, -0.05) is 39.9 Å². The first-order valence-electron chi connectivity index (χ1n) is 6.69. The van der Waals surface area contributed by atoms with Gasteiger partial charge >= 0.3 is 0 Å². The van der Waals surface area contributed by atoms with Gasteiger partial charge in [0.05, 0.1) is 10.9 Å². The summed E-state index contributed by atoms with van der Waals surface area (Å²) in [4.78, 5) is 14.2. The quantitative estimate of drug-likeness (QED) is 0.789. The molecule has 1 atom stereocenters. The van der Waals surface area contributed by atoms with Gasteiger partial charge in [-0.05, 0) is 38.0 Å². The van der Waals surface area contributed by atoms with Crippen molar-refractivity contribution in [3.63, 3.8) is 0 Å². The van der Waals surface area contributed by atoms with Gasteiger partial charge < -0.3 is 10.2 Å². The normalized spacial score (nSPS) is 15.9. The Hall–Kier alpha value is -0.660. The molecule has 1 aromatic carbocycles. The maximum absolute atomic E-state index is 13.7. The van der Waals surface area contributed by atoms with Crippen molar-refractivity contribution in [3.8, 4) is 0 Å². The average Bonchev–Trinajstić information content (AvgIpc) is 2.95. The smallest absolute Gasteiger partial charge is 0.237 e. The van der Waals surface area contributed by atoms with Crippen LogP contribution in [0.15, 0.2) is 22.7 Å². The standard InChI is InChI=1S/C14H16BrFN2OS2/c1-9(21-14(20)18-6-2-3-7-18)13(19)17-12-5-4-10(15)8-11(12)16/h4-5,8-9H,2-3,6-7H2,1H3,(H,17,19). The fourth-order valence-electron chi connectivity index (χ4n) is 2.00. The molecule has 7 heteroatoms. The Labute approximate surface area is 141 Å². The summed E-state index contributed by atoms with van der Waals surface area (Å²) in [6.45, 7) is 3.70. The van der Waals surface area contributed by atoms with Gasteiger partial charge in [-0.25, -0.2) is 4.39 Å². The van der Waals surface area contributed by atoms with Crippen molar-refractivity contribution in [2.45, 2.75) is 25.0 Å². The van der Waals surface area contributed by atoms with E-state index in [0.717, 1.165) is 30.3 Å². The molecule has 1 aliphatic heterocycles. The van der Waals surface area contributed by atoms with Crippen molar-refractivity contribution in [2.24, 2.45) is 0 Å². The lowest BCUT2D eigenvalue weighted by Crippen LogP contribution is -2.29. The molecule has 1 saturated heterocycles. The third kappa shape index (κ3) is 4.66. The van der Waals surface area contributed by atoms with Crippen LogP contribution >= 0.6 is 39.9 Å². The lowest BCUT2D eigenvalue weighted by Gasteiger charge is -2.20. The molecule has 1 N–H and O–H groups in total. The summed E-state index contributed by atoms with van der Waals surface area (Å²) in [5, 5.41) is 2.24. The van der Waals surface area contributed by atoms with Crippen molar-refractivity contribution < 1.29 is 9.18 Å². The zero-order chi connectivity index (χ0) is 15.4. The van der Waals surface area contributed by atoms with Crippen LogP contribution in [0.25, 0.3) is 0 Å². The molecule has 1 amide bonds. The molecule has 0 aromatic heterocycles. The van der Waals surface area contributed by atoms with Gasteiger partial charge in [-0.2, -0.15) is 0 Å². The number of halogens is 2. The second-order valence-corrected chi connectivity index (χ2v) is 7.72. The molecule has 1 aliphatic rings. The van der Waals surface area contributed by atoms with E-state index in [4.69, 9.17) is 12.2 Å². The minimum atomic E-state index is -0.461. The number of nitrogens with zero attached hydrogens (tertiary/aromatic N) is 1. The van der Waals surface area contributed by atoms with E-state index < -0.39 is 5.82 Å². The van der Waals surface area contributed by atoms with Gasteiger partial charge in [-0.3, -0.25) is 4.79 Å². The van der Waals surface area contributed by atoms with E-state index >= 15 is 0 Å². The number of nitrogens with one attached hydrogen (secondary N) is 1. The average molecular weight is 391 g/mol. The summed E-state index contributed by atoms with van der Waals surface area (Å²) in [6, 6.07) is 4.54. The molecular formula is C14H16BrFN2OS2. The Morgan fingerprint density at radius 1 is 1.48 bits per heavy atom. The lowest BCUT2D eigenvalue weighted by molar-refractivity contribution is -0.115. The Kier molecular flexibility index (Phi) is 6.01. The molecule has 0 bridgehead atoms. The monoisotopic (exact) mass is 390 g/mol. The number of thiocarbonyl (C=S) groups is 1. The predicted octanol–water partition coefficient (Wildman–Crippen LogP) is 4.03. The number of carbonyl (C=O) groups is 1. The second kappa shape index (κ2) is 7.56. The highest BCUT2D eigenvalue weighted by Crippen LogP contribution is 2.23. The van der Waals surface area contributed by atoms with E-state index in [1.165, 1.54) is 23.9 Å². The number of carbonyl (C=O) groups excluding carboxylic acids is 1. The number of benzene rings is 1. The molecule has 21 heavy (non-hydrogen) atoms. The molecule has 0 saturated carbocycles. The van der Waals surface area contributed by atoms with Crippen molar-refractivity contribution in [1.29, 1.82) is 0 Å². The van der Waals surface area contributed by atoms with Crippen LogP contribution < -0.4 is 5.32 Å². The summed E-state index contributed by atoms with van der Waals surface area (Å²) < 4.78 is 15.1. The topological polar surface area (TPSA) is 32.3 Å². The number of amides is 1. The molecular weight excluding hydrogens is 375 g/mol. The first-order valence-corrected chi connectivity index (χ1v) is 8.77. The van der Waals surface area contributed by atoms with Crippen LogP contribution in [0, 0.1) is 5.82 Å². The molecule has 1 heterocycles. The highest BCUT2D eigenvalue weighted by Gasteiger charge is 2.22. The van der Waals surface area contributed by atoms with Crippen LogP contribution in [0.5, 0.6) is 0 Å². The van der Waals surface area contributed by atoms with Gasteiger partial charge in [0.25, 0.3) is 0 Å². The Bertz CT molecular complexity index is 550. The Balaban J connectivity index is 1.91. The van der Waals surface area contributed by atoms with E-state index in [9.17, 15) is 9.18 Å². The minimum Gasteiger partial charge on any atom is -0.358 e. The van der Waals surface area contributed by atoms with E-state index in [0.29, 0.717) is 4.47 Å². The van der Waals surface area contributed by atoms with Gasteiger partial charge in [0.1, 0.15) is 10.1 Å². The number of anilines is 1. The summed E-state index contributed by atoms with van der Waals surface area (Å²) in [5.74, 6) is -0.709. The molecule has 1 aromatic rings. The summed E-state index contributed by atoms with van der Waals surface area (Å²) >= 11 is 9.87. The highest BCUT2D eigenvalue weighted by molar-refractivity contribution is 9.10. The fourth-order valence-corrected chi connectivity index (χ4v) is 3.75. The van der Waals surface area contributed by atoms with Crippen LogP contribution in [0.3, 0.4) is 0 Å². The Morgan fingerprint density at radius 2 is 2.14 bits per heavy atom. The third-order valence-electron chi connectivity index (χ3n) is 3.20. The molecule has 3 nitrogen and oxygen atoms in total. The summed E-state index contributed by atoms with van der Waals surface area (Å²) in [6.07, 6.45) is 2.29. The Morgan fingerprint density at radius 3 is 2.76 bits per heavy atom. The van der Waals surface area contributed by atoms with E-state index in [1.54, 1.807) is 13.0 Å². The first kappa shape index (κ1) is 16.7. The van der Waals surface area contributed by atoms with E-state index in [2.05, 4.69) is 26.1 Å². The molecule has 2 rings (SSSR count). The number of hydrogen-bond acceptors (Lipinski definition) is 3. The van der Waals surface area contributed by atoms with Crippen molar-refractivity contribution in [3.05, 3.63) is 28.5 Å². The molecule has 114 valence electrons. The first-order chi connectivity index (χ1) is 9.97. The lowest BCUT2D eigenvalue weighted by atomic mass is 10.3. The molecule has 0 spiro atoms. The maximum Gasteiger partial charge on any atom is 0.237 e. The number of hydrogen-bond donors (Lipinski definition) is 1. The highest BCUT2D eigenvalue weighted by atomic mass is 79.9. The largest absolute Gasteiger partial charge is 0.358 e. The van der Waals surface area contributed by atoms with E-state index in [1.807, 2.05) is 0 Å². The maximum atomic E-state index is 13.7. The molecule has 1 fully saturated rings. The number of likely N-dealkylation sites (tertiary alicyclic amines) is 1. The van der Waals surface area contributed by atoms with Crippen molar-refractivity contribution in [1.82, 2.24) is 4.90 Å². The van der Waals surface area contributed by atoms with Crippen LogP contribution in [0.2, 0.25) is 0 Å². The summed E-state index contributed by atoms with van der Waals surface area (Å²) in [5.41, 5.74) is 0.183. The van der Waals surface area contributed by atoms with Crippen LogP contribution in [-0.4, -0.2) is 33.5 Å². The van der Waals surface area contributed by atoms with Gasteiger partial charge in [0.15, 0.2) is 0 Å². The molecule has 1 unspecified atom stereocenters. The third-order valence-corrected chi connectivity index (χ3v) is 5.27. The van der Waals surface area contributed by atoms with Gasteiger partial charge in [0.2, 0.25) is 5.91 Å². The van der Waals surface area contributed by atoms with Crippen molar-refractivity contribution >= 4 is 55.8 Å². The predicted molar refractivity (Wildman–Crippen MR) is 93.2 cm³/mol. The van der Waals surface area contributed by atoms with Crippen LogP contribution in [0.4, 0.5) is 10.1 Å². The van der Waals surface area contributed by atoms with Crippen LogP contribution in [0.1, 0.15) is 19.8 Å². The molecule has 0 aliphatic carbocycles. The van der Waals surface area contributed by atoms with E-state index in [-0.39, 0.29) is 16.8 Å².